The van der Waals surface area contributed by atoms with Crippen LogP contribution in [0.5, 0.6) is 0 Å². The van der Waals surface area contributed by atoms with Gasteiger partial charge in [-0.15, -0.1) is 0 Å². The number of methoxy groups -OCH3 is 1. The SMILES string of the molecule is COC(C)(C)C(=O)N1CCNC(=O)C1(C)C. The van der Waals surface area contributed by atoms with Crippen molar-refractivity contribution in [1.29, 1.82) is 0 Å². The summed E-state index contributed by atoms with van der Waals surface area (Å²) >= 11 is 0. The molecular weight excluding hydrogens is 208 g/mol. The largest absolute Gasteiger partial charge is 0.369 e. The Morgan fingerprint density at radius 2 is 2.06 bits per heavy atom. The number of carbonyl (C=O) groups is 2. The van der Waals surface area contributed by atoms with Gasteiger partial charge in [-0.2, -0.15) is 0 Å². The third-order valence-corrected chi connectivity index (χ3v) is 3.12. The lowest BCUT2D eigenvalue weighted by atomic mass is 9.95. The van der Waals surface area contributed by atoms with Crippen molar-refractivity contribution in [3.8, 4) is 0 Å². The van der Waals surface area contributed by atoms with Crippen LogP contribution in [0.4, 0.5) is 0 Å². The number of hydrogen-bond donors (Lipinski definition) is 1. The van der Waals surface area contributed by atoms with Crippen molar-refractivity contribution in [2.45, 2.75) is 38.8 Å². The van der Waals surface area contributed by atoms with E-state index in [4.69, 9.17) is 4.74 Å². The van der Waals surface area contributed by atoms with Crippen molar-refractivity contribution in [3.63, 3.8) is 0 Å². The first-order chi connectivity index (χ1) is 7.23. The van der Waals surface area contributed by atoms with Gasteiger partial charge in [-0.05, 0) is 27.7 Å². The maximum absolute atomic E-state index is 12.2. The Kier molecular flexibility index (Phi) is 3.28. The van der Waals surface area contributed by atoms with Gasteiger partial charge >= 0.3 is 0 Å². The van der Waals surface area contributed by atoms with Gasteiger partial charge in [0.25, 0.3) is 5.91 Å². The van der Waals surface area contributed by atoms with Crippen molar-refractivity contribution in [1.82, 2.24) is 10.2 Å². The van der Waals surface area contributed by atoms with Gasteiger partial charge in [-0.3, -0.25) is 9.59 Å². The Balaban J connectivity index is 2.95. The minimum absolute atomic E-state index is 0.126. The van der Waals surface area contributed by atoms with E-state index in [1.807, 2.05) is 0 Å². The third kappa shape index (κ3) is 2.04. The highest BCUT2D eigenvalue weighted by molar-refractivity contribution is 5.94. The summed E-state index contributed by atoms with van der Waals surface area (Å²) in [6.07, 6.45) is 0. The van der Waals surface area contributed by atoms with Gasteiger partial charge in [0.1, 0.15) is 11.1 Å². The zero-order valence-corrected chi connectivity index (χ0v) is 10.6. The third-order valence-electron chi connectivity index (χ3n) is 3.12. The molecule has 0 aromatic rings. The van der Waals surface area contributed by atoms with Gasteiger partial charge < -0.3 is 15.0 Å². The predicted octanol–water partition coefficient (Wildman–Crippen LogP) is 0.148. The summed E-state index contributed by atoms with van der Waals surface area (Å²) in [5.41, 5.74) is -1.71. The lowest BCUT2D eigenvalue weighted by Crippen LogP contribution is -2.66. The van der Waals surface area contributed by atoms with Crippen LogP contribution in [-0.2, 0) is 14.3 Å². The molecule has 0 radical (unpaired) electrons. The molecule has 5 heteroatoms. The first-order valence-corrected chi connectivity index (χ1v) is 5.39. The quantitative estimate of drug-likeness (QED) is 0.732. The Morgan fingerprint density at radius 3 is 2.56 bits per heavy atom. The number of nitrogens with zero attached hydrogens (tertiary/aromatic N) is 1. The molecule has 16 heavy (non-hydrogen) atoms. The topological polar surface area (TPSA) is 58.6 Å². The summed E-state index contributed by atoms with van der Waals surface area (Å²) < 4.78 is 5.16. The second-order valence-electron chi connectivity index (χ2n) is 4.99. The summed E-state index contributed by atoms with van der Waals surface area (Å²) in [5.74, 6) is -0.283. The molecule has 0 aromatic carbocycles. The average Bonchev–Trinajstić information content (AvgIpc) is 2.21. The standard InChI is InChI=1S/C11H20N2O3/c1-10(2)8(14)12-6-7-13(10)9(15)11(3,4)16-5/h6-7H2,1-5H3,(H,12,14). The molecule has 2 amide bonds. The molecule has 1 aliphatic rings. The highest BCUT2D eigenvalue weighted by Gasteiger charge is 2.44. The minimum Gasteiger partial charge on any atom is -0.369 e. The van der Waals surface area contributed by atoms with Crippen LogP contribution in [0.2, 0.25) is 0 Å². The van der Waals surface area contributed by atoms with Gasteiger partial charge in [0.2, 0.25) is 5.91 Å². The Labute approximate surface area is 96.1 Å². The maximum atomic E-state index is 12.2. The summed E-state index contributed by atoms with van der Waals surface area (Å²) in [5, 5.41) is 2.75. The number of rotatable bonds is 2. The molecule has 1 saturated heterocycles. The van der Waals surface area contributed by atoms with Crippen LogP contribution in [0.25, 0.3) is 0 Å². The lowest BCUT2D eigenvalue weighted by Gasteiger charge is -2.44. The summed E-state index contributed by atoms with van der Waals surface area (Å²) in [6, 6.07) is 0. The molecule has 0 unspecified atom stereocenters. The molecule has 1 N–H and O–H groups in total. The normalized spacial score (nSPS) is 20.6. The van der Waals surface area contributed by atoms with Crippen molar-refractivity contribution in [2.75, 3.05) is 20.2 Å². The van der Waals surface area contributed by atoms with Crippen LogP contribution in [-0.4, -0.2) is 48.1 Å². The summed E-state index contributed by atoms with van der Waals surface area (Å²) in [4.78, 5) is 25.5. The van der Waals surface area contributed by atoms with E-state index in [-0.39, 0.29) is 11.8 Å². The van der Waals surface area contributed by atoms with E-state index < -0.39 is 11.1 Å². The van der Waals surface area contributed by atoms with Gasteiger partial charge in [0, 0.05) is 20.2 Å². The summed E-state index contributed by atoms with van der Waals surface area (Å²) in [7, 11) is 1.49. The van der Waals surface area contributed by atoms with Gasteiger partial charge in [-0.25, -0.2) is 0 Å². The average molecular weight is 228 g/mol. The van der Waals surface area contributed by atoms with Crippen LogP contribution in [0.1, 0.15) is 27.7 Å². The van der Waals surface area contributed by atoms with Crippen LogP contribution in [0, 0.1) is 0 Å². The zero-order valence-electron chi connectivity index (χ0n) is 10.6. The molecule has 0 aromatic heterocycles. The zero-order chi connectivity index (χ0) is 12.6. The maximum Gasteiger partial charge on any atom is 0.255 e. The first-order valence-electron chi connectivity index (χ1n) is 5.39. The molecule has 5 nitrogen and oxygen atoms in total. The van der Waals surface area contributed by atoms with Crippen molar-refractivity contribution in [3.05, 3.63) is 0 Å². The lowest BCUT2D eigenvalue weighted by molar-refractivity contribution is -0.163. The van der Waals surface area contributed by atoms with Crippen LogP contribution < -0.4 is 5.32 Å². The van der Waals surface area contributed by atoms with Crippen LogP contribution >= 0.6 is 0 Å². The second-order valence-corrected chi connectivity index (χ2v) is 4.99. The van der Waals surface area contributed by atoms with Crippen LogP contribution in [0.15, 0.2) is 0 Å². The Morgan fingerprint density at radius 1 is 1.50 bits per heavy atom. The van der Waals surface area contributed by atoms with E-state index in [1.54, 1.807) is 32.6 Å². The number of amides is 2. The van der Waals surface area contributed by atoms with Gasteiger partial charge in [0.05, 0.1) is 0 Å². The number of hydrogen-bond acceptors (Lipinski definition) is 3. The minimum atomic E-state index is -0.894. The molecular formula is C11H20N2O3. The molecule has 0 atom stereocenters. The Hall–Kier alpha value is -1.10. The fourth-order valence-corrected chi connectivity index (χ4v) is 1.67. The summed E-state index contributed by atoms with van der Waals surface area (Å²) in [6.45, 7) is 7.91. The van der Waals surface area contributed by atoms with E-state index in [0.29, 0.717) is 13.1 Å². The molecule has 0 saturated carbocycles. The second kappa shape index (κ2) is 4.05. The fraction of sp³-hybridized carbons (Fsp3) is 0.818. The van der Waals surface area contributed by atoms with Crippen molar-refractivity contribution in [2.24, 2.45) is 0 Å². The van der Waals surface area contributed by atoms with E-state index in [1.165, 1.54) is 7.11 Å². The number of nitrogens with one attached hydrogen (secondary N) is 1. The highest BCUT2D eigenvalue weighted by atomic mass is 16.5. The van der Waals surface area contributed by atoms with E-state index in [9.17, 15) is 9.59 Å². The highest BCUT2D eigenvalue weighted by Crippen LogP contribution is 2.23. The monoisotopic (exact) mass is 228 g/mol. The van der Waals surface area contributed by atoms with E-state index in [2.05, 4.69) is 5.32 Å². The molecule has 0 aliphatic carbocycles. The van der Waals surface area contributed by atoms with E-state index in [0.717, 1.165) is 0 Å². The van der Waals surface area contributed by atoms with E-state index >= 15 is 0 Å². The molecule has 92 valence electrons. The number of carbonyl (C=O) groups excluding carboxylic acids is 2. The number of piperazine rings is 1. The first kappa shape index (κ1) is 13.0. The predicted molar refractivity (Wildman–Crippen MR) is 59.9 cm³/mol. The van der Waals surface area contributed by atoms with Crippen LogP contribution in [0.3, 0.4) is 0 Å². The smallest absolute Gasteiger partial charge is 0.255 e. The molecule has 1 rings (SSSR count). The van der Waals surface area contributed by atoms with Gasteiger partial charge in [-0.1, -0.05) is 0 Å². The van der Waals surface area contributed by atoms with Gasteiger partial charge in [0.15, 0.2) is 0 Å². The van der Waals surface area contributed by atoms with Crippen molar-refractivity contribution < 1.29 is 14.3 Å². The molecule has 1 heterocycles. The Bertz CT molecular complexity index is 310. The molecule has 0 bridgehead atoms. The molecule has 1 aliphatic heterocycles. The van der Waals surface area contributed by atoms with Crippen molar-refractivity contribution >= 4 is 11.8 Å². The molecule has 0 spiro atoms. The number of ether oxygens (including phenoxy) is 1. The molecule has 1 fully saturated rings. The fourth-order valence-electron chi connectivity index (χ4n) is 1.67.